The van der Waals surface area contributed by atoms with E-state index in [1.807, 2.05) is 43.3 Å². The first kappa shape index (κ1) is 15.6. The highest BCUT2D eigenvalue weighted by molar-refractivity contribution is 6.30. The van der Waals surface area contributed by atoms with Crippen molar-refractivity contribution in [2.75, 3.05) is 0 Å². The molecular weight excluding hydrogens is 336 g/mol. The van der Waals surface area contributed by atoms with Gasteiger partial charge in [-0.1, -0.05) is 47.5 Å². The molecule has 4 aromatic rings. The van der Waals surface area contributed by atoms with Crippen LogP contribution in [0.2, 0.25) is 5.02 Å². The van der Waals surface area contributed by atoms with Crippen LogP contribution in [0.4, 0.5) is 0 Å². The van der Waals surface area contributed by atoms with Crippen molar-refractivity contribution in [3.63, 3.8) is 0 Å². The number of fused-ring (bicyclic) bond motifs is 1. The molecule has 0 saturated heterocycles. The largest absolute Gasteiger partial charge is 0.294 e. The van der Waals surface area contributed by atoms with Crippen molar-refractivity contribution < 1.29 is 0 Å². The average Bonchev–Trinajstić information content (AvgIpc) is 3.04. The lowest BCUT2D eigenvalue weighted by Gasteiger charge is -2.07. The standard InChI is InChI=1S/C19H15ClN4O/c1-13-5-7-14(8-6-13)11-23-12-21-18-17(19(23)25)10-22-24(18)16-4-2-3-15(20)9-16/h2-10,12H,11H2,1H3. The van der Waals surface area contributed by atoms with Gasteiger partial charge in [0.15, 0.2) is 5.65 Å². The highest BCUT2D eigenvalue weighted by Gasteiger charge is 2.12. The van der Waals surface area contributed by atoms with Gasteiger partial charge in [-0.2, -0.15) is 5.10 Å². The van der Waals surface area contributed by atoms with E-state index in [-0.39, 0.29) is 5.56 Å². The Balaban J connectivity index is 1.77. The first-order valence-electron chi connectivity index (χ1n) is 7.86. The number of halogens is 1. The van der Waals surface area contributed by atoms with E-state index in [0.717, 1.165) is 11.3 Å². The quantitative estimate of drug-likeness (QED) is 0.567. The Kier molecular flexibility index (Phi) is 3.86. The normalized spacial score (nSPS) is 11.1. The van der Waals surface area contributed by atoms with Crippen molar-refractivity contribution in [3.05, 3.63) is 87.6 Å². The SMILES string of the molecule is Cc1ccc(Cn2cnc3c(cnn3-c3cccc(Cl)c3)c2=O)cc1. The summed E-state index contributed by atoms with van der Waals surface area (Å²) in [5, 5.41) is 5.40. The molecule has 4 rings (SSSR count). The minimum atomic E-state index is -0.112. The van der Waals surface area contributed by atoms with E-state index in [4.69, 9.17) is 11.6 Å². The van der Waals surface area contributed by atoms with Gasteiger partial charge in [0.05, 0.1) is 18.4 Å². The van der Waals surface area contributed by atoms with Crippen LogP contribution in [-0.4, -0.2) is 19.3 Å². The fourth-order valence-corrected chi connectivity index (χ4v) is 2.93. The van der Waals surface area contributed by atoms with Crippen molar-refractivity contribution in [1.29, 1.82) is 0 Å². The smallest absolute Gasteiger partial charge is 0.264 e. The molecule has 25 heavy (non-hydrogen) atoms. The zero-order valence-corrected chi connectivity index (χ0v) is 14.3. The molecule has 0 aliphatic rings. The molecule has 0 N–H and O–H groups in total. The van der Waals surface area contributed by atoms with Gasteiger partial charge in [0.2, 0.25) is 0 Å². The minimum Gasteiger partial charge on any atom is -0.294 e. The fourth-order valence-electron chi connectivity index (χ4n) is 2.75. The summed E-state index contributed by atoms with van der Waals surface area (Å²) in [5.74, 6) is 0. The molecule has 0 bridgehead atoms. The Labute approximate surface area is 149 Å². The molecule has 0 fully saturated rings. The second kappa shape index (κ2) is 6.18. The maximum absolute atomic E-state index is 12.8. The number of aryl methyl sites for hydroxylation is 1. The molecule has 0 radical (unpaired) electrons. The predicted molar refractivity (Wildman–Crippen MR) is 98.4 cm³/mol. The van der Waals surface area contributed by atoms with Crippen molar-refractivity contribution in [1.82, 2.24) is 19.3 Å². The third-order valence-electron chi connectivity index (χ3n) is 4.08. The Bertz CT molecular complexity index is 1110. The lowest BCUT2D eigenvalue weighted by molar-refractivity contribution is 0.745. The number of nitrogens with zero attached hydrogens (tertiary/aromatic N) is 4. The van der Waals surface area contributed by atoms with Crippen molar-refractivity contribution >= 4 is 22.6 Å². The number of benzene rings is 2. The number of hydrogen-bond acceptors (Lipinski definition) is 3. The van der Waals surface area contributed by atoms with Gasteiger partial charge in [-0.25, -0.2) is 9.67 Å². The van der Waals surface area contributed by atoms with E-state index >= 15 is 0 Å². The van der Waals surface area contributed by atoms with Gasteiger partial charge >= 0.3 is 0 Å². The summed E-state index contributed by atoms with van der Waals surface area (Å²) in [6.45, 7) is 2.51. The third kappa shape index (κ3) is 2.94. The summed E-state index contributed by atoms with van der Waals surface area (Å²) in [6, 6.07) is 15.4. The zero-order valence-electron chi connectivity index (χ0n) is 13.6. The summed E-state index contributed by atoms with van der Waals surface area (Å²) in [5.41, 5.74) is 3.42. The van der Waals surface area contributed by atoms with E-state index in [9.17, 15) is 4.79 Å². The van der Waals surface area contributed by atoms with E-state index < -0.39 is 0 Å². The van der Waals surface area contributed by atoms with Gasteiger partial charge in [0.25, 0.3) is 5.56 Å². The summed E-state index contributed by atoms with van der Waals surface area (Å²) >= 11 is 6.04. The Morgan fingerprint density at radius 3 is 2.68 bits per heavy atom. The first-order valence-corrected chi connectivity index (χ1v) is 8.24. The van der Waals surface area contributed by atoms with E-state index in [0.29, 0.717) is 22.6 Å². The lowest BCUT2D eigenvalue weighted by Crippen LogP contribution is -2.21. The van der Waals surface area contributed by atoms with Crippen LogP contribution in [0.5, 0.6) is 0 Å². The molecule has 0 saturated carbocycles. The first-order chi connectivity index (χ1) is 12.1. The lowest BCUT2D eigenvalue weighted by atomic mass is 10.1. The molecule has 2 aromatic heterocycles. The van der Waals surface area contributed by atoms with E-state index in [2.05, 4.69) is 10.1 Å². The van der Waals surface area contributed by atoms with Crippen molar-refractivity contribution in [3.8, 4) is 5.69 Å². The molecule has 124 valence electrons. The summed E-state index contributed by atoms with van der Waals surface area (Å²) in [4.78, 5) is 17.2. The molecule has 0 amide bonds. The molecular formula is C19H15ClN4O. The highest BCUT2D eigenvalue weighted by Crippen LogP contribution is 2.17. The van der Waals surface area contributed by atoms with Gasteiger partial charge in [0.1, 0.15) is 11.7 Å². The maximum Gasteiger partial charge on any atom is 0.264 e. The van der Waals surface area contributed by atoms with Crippen LogP contribution >= 0.6 is 11.6 Å². The topological polar surface area (TPSA) is 52.7 Å². The summed E-state index contributed by atoms with van der Waals surface area (Å²) in [7, 11) is 0. The monoisotopic (exact) mass is 350 g/mol. The molecule has 6 heteroatoms. The second-order valence-corrected chi connectivity index (χ2v) is 6.37. The minimum absolute atomic E-state index is 0.112. The number of hydrogen-bond donors (Lipinski definition) is 0. The third-order valence-corrected chi connectivity index (χ3v) is 4.32. The van der Waals surface area contributed by atoms with Gasteiger partial charge in [-0.3, -0.25) is 9.36 Å². The Hall–Kier alpha value is -2.92. The van der Waals surface area contributed by atoms with Gasteiger partial charge in [-0.05, 0) is 30.7 Å². The van der Waals surface area contributed by atoms with E-state index in [1.54, 1.807) is 33.9 Å². The predicted octanol–water partition coefficient (Wildman–Crippen LogP) is 3.59. The van der Waals surface area contributed by atoms with E-state index in [1.165, 1.54) is 5.56 Å². The van der Waals surface area contributed by atoms with Gasteiger partial charge in [0, 0.05) is 5.02 Å². The number of rotatable bonds is 3. The summed E-state index contributed by atoms with van der Waals surface area (Å²) < 4.78 is 3.22. The van der Waals surface area contributed by atoms with Crippen LogP contribution in [0.25, 0.3) is 16.7 Å². The van der Waals surface area contributed by atoms with Gasteiger partial charge in [-0.15, -0.1) is 0 Å². The Morgan fingerprint density at radius 2 is 1.92 bits per heavy atom. The van der Waals surface area contributed by atoms with Crippen molar-refractivity contribution in [2.45, 2.75) is 13.5 Å². The molecule has 2 aromatic carbocycles. The fraction of sp³-hybridized carbons (Fsp3) is 0.105. The second-order valence-electron chi connectivity index (χ2n) is 5.94. The number of aromatic nitrogens is 4. The highest BCUT2D eigenvalue weighted by atomic mass is 35.5. The van der Waals surface area contributed by atoms with Crippen LogP contribution in [-0.2, 0) is 6.54 Å². The molecule has 0 aliphatic heterocycles. The van der Waals surface area contributed by atoms with Crippen LogP contribution in [0.3, 0.4) is 0 Å². The van der Waals surface area contributed by atoms with Crippen LogP contribution in [0.1, 0.15) is 11.1 Å². The molecule has 0 atom stereocenters. The zero-order chi connectivity index (χ0) is 17.4. The van der Waals surface area contributed by atoms with Crippen LogP contribution < -0.4 is 5.56 Å². The molecule has 0 aliphatic carbocycles. The molecule has 5 nitrogen and oxygen atoms in total. The Morgan fingerprint density at radius 1 is 1.12 bits per heavy atom. The van der Waals surface area contributed by atoms with Crippen molar-refractivity contribution in [2.24, 2.45) is 0 Å². The molecule has 0 unspecified atom stereocenters. The van der Waals surface area contributed by atoms with Gasteiger partial charge < -0.3 is 0 Å². The van der Waals surface area contributed by atoms with Crippen LogP contribution in [0, 0.1) is 6.92 Å². The molecule has 2 heterocycles. The maximum atomic E-state index is 12.8. The molecule has 0 spiro atoms. The average molecular weight is 351 g/mol. The van der Waals surface area contributed by atoms with Crippen LogP contribution in [0.15, 0.2) is 65.8 Å². The summed E-state index contributed by atoms with van der Waals surface area (Å²) in [6.07, 6.45) is 3.12.